The first kappa shape index (κ1) is 28.7. The van der Waals surface area contributed by atoms with Crippen LogP contribution in [0.15, 0.2) is 52.8 Å². The highest BCUT2D eigenvalue weighted by Gasteiger charge is 2.45. The van der Waals surface area contributed by atoms with E-state index in [0.717, 1.165) is 26.9 Å². The number of thiocarbonyl (C=S) groups is 1. The Morgan fingerprint density at radius 1 is 1.18 bits per heavy atom. The summed E-state index contributed by atoms with van der Waals surface area (Å²) in [7, 11) is 4.14. The number of hydrogen-bond donors (Lipinski definition) is 0. The number of hydrogen-bond acceptors (Lipinski definition) is 8. The highest BCUT2D eigenvalue weighted by molar-refractivity contribution is 7.78. The Labute approximate surface area is 229 Å². The van der Waals surface area contributed by atoms with Crippen LogP contribution in [0.1, 0.15) is 31.4 Å². The predicted octanol–water partition coefficient (Wildman–Crippen LogP) is 4.83. The van der Waals surface area contributed by atoms with E-state index < -0.39 is 35.1 Å². The number of imide groups is 1. The minimum Gasteiger partial charge on any atom is -0.377 e. The van der Waals surface area contributed by atoms with Crippen molar-refractivity contribution in [2.24, 2.45) is 10.3 Å². The third kappa shape index (κ3) is 5.97. The van der Waals surface area contributed by atoms with Crippen molar-refractivity contribution in [3.8, 4) is 0 Å². The third-order valence-electron chi connectivity index (χ3n) is 5.56. The molecule has 0 saturated carbocycles. The zero-order valence-electron chi connectivity index (χ0n) is 21.3. The van der Waals surface area contributed by atoms with Crippen LogP contribution in [0.2, 0.25) is 5.02 Å². The molecule has 38 heavy (non-hydrogen) atoms. The summed E-state index contributed by atoms with van der Waals surface area (Å²) in [6.45, 7) is 3.14. The number of carbonyl (C=O) groups excluding carboxylic acids is 3. The number of rotatable bonds is 6. The molecule has 1 heterocycles. The van der Waals surface area contributed by atoms with Crippen molar-refractivity contribution in [2.45, 2.75) is 25.9 Å². The van der Waals surface area contributed by atoms with Crippen molar-refractivity contribution in [1.29, 1.82) is 0 Å². The lowest BCUT2D eigenvalue weighted by atomic mass is 9.95. The van der Waals surface area contributed by atoms with Crippen molar-refractivity contribution < 1.29 is 28.4 Å². The minimum atomic E-state index is -1.56. The molecule has 2 aromatic rings. The van der Waals surface area contributed by atoms with Gasteiger partial charge in [0.2, 0.25) is 5.60 Å². The molecule has 10 nitrogen and oxygen atoms in total. The molecule has 0 radical (unpaired) electrons. The summed E-state index contributed by atoms with van der Waals surface area (Å²) >= 11 is 11.1. The largest absolute Gasteiger partial charge is 0.381 e. The molecule has 0 N–H and O–H groups in total. The lowest BCUT2D eigenvalue weighted by molar-refractivity contribution is -0.167. The van der Waals surface area contributed by atoms with E-state index in [0.29, 0.717) is 10.6 Å². The molecular weight excluding hydrogens is 537 g/mol. The normalized spacial score (nSPS) is 16.7. The van der Waals surface area contributed by atoms with Crippen LogP contribution in [0.25, 0.3) is 0 Å². The van der Waals surface area contributed by atoms with Crippen molar-refractivity contribution in [3.05, 3.63) is 64.4 Å². The Kier molecular flexibility index (Phi) is 8.79. The fourth-order valence-electron chi connectivity index (χ4n) is 3.35. The molecule has 3 rings (SSSR count). The van der Waals surface area contributed by atoms with Crippen LogP contribution in [-0.2, 0) is 14.5 Å². The molecule has 1 atom stereocenters. The topological polar surface area (TPSA) is 104 Å². The predicted molar refractivity (Wildman–Crippen MR) is 145 cm³/mol. The smallest absolute Gasteiger partial charge is 0.377 e. The van der Waals surface area contributed by atoms with Crippen LogP contribution < -0.4 is 4.90 Å². The molecule has 1 unspecified atom stereocenters. The maximum Gasteiger partial charge on any atom is 0.381 e. The van der Waals surface area contributed by atoms with Gasteiger partial charge in [-0.3, -0.25) is 4.90 Å². The van der Waals surface area contributed by atoms with Gasteiger partial charge in [-0.25, -0.2) is 23.7 Å². The quantitative estimate of drug-likeness (QED) is 0.217. The Hall–Kier alpha value is -3.90. The van der Waals surface area contributed by atoms with E-state index in [1.54, 1.807) is 6.92 Å². The maximum absolute atomic E-state index is 15.1. The number of urea groups is 2. The van der Waals surface area contributed by atoms with Gasteiger partial charge in [0.15, 0.2) is 0 Å². The lowest BCUT2D eigenvalue weighted by Crippen LogP contribution is -2.48. The molecule has 1 aliphatic rings. The number of nitrogens with zero attached hydrogens (tertiary/aromatic N) is 5. The monoisotopic (exact) mass is 561 g/mol. The molecule has 0 aromatic heterocycles. The van der Waals surface area contributed by atoms with Gasteiger partial charge < -0.3 is 14.6 Å². The Balaban J connectivity index is 1.89. The van der Waals surface area contributed by atoms with Crippen LogP contribution >= 0.6 is 23.8 Å². The van der Waals surface area contributed by atoms with Gasteiger partial charge in [-0.2, -0.15) is 0 Å². The van der Waals surface area contributed by atoms with Gasteiger partial charge in [-0.05, 0) is 31.5 Å². The first-order chi connectivity index (χ1) is 17.9. The molecule has 1 aliphatic heterocycles. The van der Waals surface area contributed by atoms with Crippen molar-refractivity contribution in [2.75, 3.05) is 26.0 Å². The second kappa shape index (κ2) is 11.7. The van der Waals surface area contributed by atoms with Gasteiger partial charge in [0.05, 0.1) is 27.6 Å². The summed E-state index contributed by atoms with van der Waals surface area (Å²) in [5.74, 6) is -1.75. The van der Waals surface area contributed by atoms with Crippen molar-refractivity contribution in [3.63, 3.8) is 0 Å². The van der Waals surface area contributed by atoms with E-state index in [2.05, 4.69) is 10.3 Å². The summed E-state index contributed by atoms with van der Waals surface area (Å²) in [6.07, 6.45) is -0.105. The van der Waals surface area contributed by atoms with E-state index in [1.165, 1.54) is 34.1 Å². The van der Waals surface area contributed by atoms with Gasteiger partial charge in [-0.15, -0.1) is 0 Å². The molecule has 0 bridgehead atoms. The number of halogens is 2. The van der Waals surface area contributed by atoms with E-state index in [-0.39, 0.29) is 22.7 Å². The molecule has 2 aromatic carbocycles. The SMILES string of the molecule is C/C(=N/OC(=O)C1(C)CC(c2cc(N(C(=O)N(C)C)C(=O)N(C)C=S)c(F)cc2Cl)=NO1)c1ccccc1. The molecule has 0 saturated heterocycles. The number of carbonyl (C=O) groups is 3. The average Bonchev–Trinajstić information content (AvgIpc) is 3.30. The zero-order valence-corrected chi connectivity index (χ0v) is 22.8. The van der Waals surface area contributed by atoms with E-state index in [9.17, 15) is 14.4 Å². The van der Waals surface area contributed by atoms with Gasteiger partial charge in [0.25, 0.3) is 0 Å². The summed E-state index contributed by atoms with van der Waals surface area (Å²) in [5, 5.41) is 7.78. The van der Waals surface area contributed by atoms with E-state index in [1.807, 2.05) is 30.3 Å². The first-order valence-corrected chi connectivity index (χ1v) is 12.0. The fourth-order valence-corrected chi connectivity index (χ4v) is 3.70. The van der Waals surface area contributed by atoms with Crippen LogP contribution in [0.3, 0.4) is 0 Å². The van der Waals surface area contributed by atoms with Gasteiger partial charge in [-0.1, -0.05) is 64.5 Å². The highest BCUT2D eigenvalue weighted by Crippen LogP contribution is 2.34. The first-order valence-electron chi connectivity index (χ1n) is 11.2. The van der Waals surface area contributed by atoms with Gasteiger partial charge in [0, 0.05) is 33.1 Å². The van der Waals surface area contributed by atoms with Crippen LogP contribution in [0.4, 0.5) is 19.7 Å². The molecule has 13 heteroatoms. The average molecular weight is 562 g/mol. The molecule has 0 fully saturated rings. The van der Waals surface area contributed by atoms with Crippen LogP contribution in [-0.4, -0.2) is 71.5 Å². The van der Waals surface area contributed by atoms with Crippen LogP contribution in [0.5, 0.6) is 0 Å². The van der Waals surface area contributed by atoms with Crippen molar-refractivity contribution >= 4 is 64.5 Å². The Morgan fingerprint density at radius 2 is 1.84 bits per heavy atom. The summed E-state index contributed by atoms with van der Waals surface area (Å²) in [4.78, 5) is 51.7. The van der Waals surface area contributed by atoms with Gasteiger partial charge in [0.1, 0.15) is 5.82 Å². The van der Waals surface area contributed by atoms with E-state index in [4.69, 9.17) is 33.5 Å². The molecule has 4 amide bonds. The molecule has 0 spiro atoms. The molecule has 0 aliphatic carbocycles. The summed E-state index contributed by atoms with van der Waals surface area (Å²) in [6, 6.07) is 9.54. The zero-order chi connectivity index (χ0) is 28.2. The Bertz CT molecular complexity index is 1340. The summed E-state index contributed by atoms with van der Waals surface area (Å²) < 4.78 is 15.1. The van der Waals surface area contributed by atoms with E-state index >= 15 is 4.39 Å². The lowest BCUT2D eigenvalue weighted by Gasteiger charge is -2.27. The molecular formula is C25H25ClFN5O5S. The fraction of sp³-hybridized carbons (Fsp3) is 0.280. The standard InChI is InChI=1S/C25H25ClFN5O5S/c1-15(16-9-7-6-8-10-16)28-36-22(33)25(2)13-20(29-37-25)17-11-21(19(27)12-18(17)26)32(23(34)30(3)4)24(35)31(5)14-38/h6-12,14H,13H2,1-5H3/b28-15-. The number of benzene rings is 2. The number of anilines is 1. The second-order valence-electron chi connectivity index (χ2n) is 8.75. The Morgan fingerprint density at radius 3 is 2.45 bits per heavy atom. The molecule has 200 valence electrons. The maximum atomic E-state index is 15.1. The number of amides is 4. The third-order valence-corrected chi connectivity index (χ3v) is 6.19. The van der Waals surface area contributed by atoms with Gasteiger partial charge >= 0.3 is 18.0 Å². The van der Waals surface area contributed by atoms with Crippen LogP contribution in [0, 0.1) is 5.82 Å². The highest BCUT2D eigenvalue weighted by atomic mass is 35.5. The number of oxime groups is 2. The van der Waals surface area contributed by atoms with Crippen molar-refractivity contribution in [1.82, 2.24) is 9.80 Å². The summed E-state index contributed by atoms with van der Waals surface area (Å²) in [5.41, 5.74) is 0.640. The minimum absolute atomic E-state index is 0.0722. The second-order valence-corrected chi connectivity index (χ2v) is 9.37.